The maximum Gasteiger partial charge on any atom is 0.225 e. The van der Waals surface area contributed by atoms with Crippen LogP contribution in [0.4, 0.5) is 15.3 Å². The number of hydrogen-bond donors (Lipinski definition) is 1. The van der Waals surface area contributed by atoms with Gasteiger partial charge in [-0.15, -0.1) is 11.3 Å². The number of fused-ring (bicyclic) bond motifs is 4. The van der Waals surface area contributed by atoms with Crippen LogP contribution in [-0.4, -0.2) is 23.1 Å². The molecule has 6 nitrogen and oxygen atoms in total. The molecule has 4 aromatic rings. The molecule has 2 aliphatic heterocycles. The molecule has 166 valence electrons. The van der Waals surface area contributed by atoms with Crippen LogP contribution in [-0.2, 0) is 18.0 Å². The van der Waals surface area contributed by atoms with Crippen LogP contribution < -0.4 is 10.6 Å². The highest BCUT2D eigenvalue weighted by atomic mass is 35.5. The van der Waals surface area contributed by atoms with Crippen LogP contribution in [0, 0.1) is 23.1 Å². The SMILES string of the molecule is C[C@@H]1CCN(c2ncc3c4c(c(-c5c(F)ccc6sc(N)c(C#N)c56)c(Cl)c3n2)COC4)C1. The topological polar surface area (TPSA) is 88.1 Å². The molecule has 0 amide bonds. The molecule has 0 aliphatic carbocycles. The molecule has 0 radical (unpaired) electrons. The average Bonchev–Trinajstić information content (AvgIpc) is 3.53. The molecule has 1 fully saturated rings. The molecular formula is C24H19ClFN5OS. The Morgan fingerprint density at radius 3 is 2.88 bits per heavy atom. The molecule has 0 unspecified atom stereocenters. The molecule has 2 aliphatic rings. The standard InChI is InChI=1S/C24H19ClFN5OS/c1-11-4-5-31(8-11)24-29-7-13-14-9-32-10-15(14)19(21(25)22(13)30-24)20-16(26)2-3-17-18(20)12(6-27)23(28)33-17/h2-3,7,11H,4-5,8-10,28H2,1H3/t11-/m1/s1. The van der Waals surface area contributed by atoms with Gasteiger partial charge in [0.05, 0.1) is 29.3 Å². The number of nitrogen functional groups attached to an aromatic ring is 1. The molecule has 9 heteroatoms. The quantitative estimate of drug-likeness (QED) is 0.400. The largest absolute Gasteiger partial charge is 0.389 e. The van der Waals surface area contributed by atoms with Gasteiger partial charge in [0.25, 0.3) is 0 Å². The highest BCUT2D eigenvalue weighted by Gasteiger charge is 2.30. The van der Waals surface area contributed by atoms with Gasteiger partial charge >= 0.3 is 0 Å². The van der Waals surface area contributed by atoms with Crippen LogP contribution in [0.25, 0.3) is 32.1 Å². The van der Waals surface area contributed by atoms with E-state index in [1.807, 2.05) is 0 Å². The number of aromatic nitrogens is 2. The summed E-state index contributed by atoms with van der Waals surface area (Å²) in [6, 6.07) is 5.19. The Morgan fingerprint density at radius 2 is 2.12 bits per heavy atom. The fourth-order valence-electron chi connectivity index (χ4n) is 4.97. The summed E-state index contributed by atoms with van der Waals surface area (Å²) in [6.45, 7) is 4.65. The van der Waals surface area contributed by atoms with E-state index < -0.39 is 5.82 Å². The monoisotopic (exact) mass is 479 g/mol. The second-order valence-corrected chi connectivity index (χ2v) is 10.1. The van der Waals surface area contributed by atoms with Crippen molar-refractivity contribution in [1.29, 1.82) is 5.26 Å². The van der Waals surface area contributed by atoms with Crippen LogP contribution >= 0.6 is 22.9 Å². The van der Waals surface area contributed by atoms with Gasteiger partial charge in [-0.3, -0.25) is 0 Å². The smallest absolute Gasteiger partial charge is 0.225 e. The van der Waals surface area contributed by atoms with E-state index in [2.05, 4.69) is 22.9 Å². The highest BCUT2D eigenvalue weighted by molar-refractivity contribution is 7.23. The lowest BCUT2D eigenvalue weighted by molar-refractivity contribution is 0.135. The minimum atomic E-state index is -0.463. The molecule has 0 saturated carbocycles. The van der Waals surface area contributed by atoms with E-state index >= 15 is 4.39 Å². The van der Waals surface area contributed by atoms with Gasteiger partial charge < -0.3 is 15.4 Å². The first-order valence-corrected chi connectivity index (χ1v) is 11.9. The number of nitrogens with two attached hydrogens (primary N) is 1. The number of ether oxygens (including phenoxy) is 1. The van der Waals surface area contributed by atoms with E-state index in [4.69, 9.17) is 27.1 Å². The van der Waals surface area contributed by atoms with Crippen molar-refractivity contribution >= 4 is 54.9 Å². The normalized spacial score (nSPS) is 17.8. The third-order valence-electron chi connectivity index (χ3n) is 6.59. The van der Waals surface area contributed by atoms with Gasteiger partial charge in [-0.1, -0.05) is 18.5 Å². The Morgan fingerprint density at radius 1 is 1.30 bits per heavy atom. The first-order valence-electron chi connectivity index (χ1n) is 10.7. The summed E-state index contributed by atoms with van der Waals surface area (Å²) in [4.78, 5) is 11.6. The zero-order valence-electron chi connectivity index (χ0n) is 17.8. The minimum Gasteiger partial charge on any atom is -0.389 e. The lowest BCUT2D eigenvalue weighted by Gasteiger charge is -2.19. The van der Waals surface area contributed by atoms with E-state index in [-0.39, 0.29) is 11.1 Å². The molecule has 0 bridgehead atoms. The summed E-state index contributed by atoms with van der Waals surface area (Å²) in [7, 11) is 0. The van der Waals surface area contributed by atoms with Crippen molar-refractivity contribution in [1.82, 2.24) is 9.97 Å². The lowest BCUT2D eigenvalue weighted by atomic mass is 9.91. The molecule has 0 spiro atoms. The molecule has 2 aromatic carbocycles. The van der Waals surface area contributed by atoms with E-state index in [0.717, 1.165) is 40.7 Å². The summed E-state index contributed by atoms with van der Waals surface area (Å²) < 4.78 is 22.0. The van der Waals surface area contributed by atoms with E-state index in [1.165, 1.54) is 17.4 Å². The second-order valence-electron chi connectivity index (χ2n) is 8.66. The molecular weight excluding hydrogens is 461 g/mol. The zero-order chi connectivity index (χ0) is 22.9. The van der Waals surface area contributed by atoms with E-state index in [0.29, 0.717) is 51.6 Å². The number of hydrogen-bond acceptors (Lipinski definition) is 7. The third kappa shape index (κ3) is 3.00. The number of anilines is 2. The Kier molecular flexibility index (Phi) is 4.70. The molecule has 2 aromatic heterocycles. The van der Waals surface area contributed by atoms with Crippen molar-refractivity contribution in [3.05, 3.63) is 45.9 Å². The number of nitriles is 1. The maximum absolute atomic E-state index is 15.5. The van der Waals surface area contributed by atoms with Crippen molar-refractivity contribution in [3.8, 4) is 17.2 Å². The summed E-state index contributed by atoms with van der Waals surface area (Å²) in [5, 5.41) is 11.7. The lowest BCUT2D eigenvalue weighted by Crippen LogP contribution is -2.21. The van der Waals surface area contributed by atoms with E-state index in [1.54, 1.807) is 12.3 Å². The van der Waals surface area contributed by atoms with Gasteiger partial charge in [-0.05, 0) is 35.6 Å². The van der Waals surface area contributed by atoms with Crippen LogP contribution in [0.3, 0.4) is 0 Å². The number of benzene rings is 2. The number of nitrogens with zero attached hydrogens (tertiary/aromatic N) is 4. The predicted molar refractivity (Wildman–Crippen MR) is 129 cm³/mol. The molecule has 33 heavy (non-hydrogen) atoms. The van der Waals surface area contributed by atoms with E-state index in [9.17, 15) is 5.26 Å². The maximum atomic E-state index is 15.5. The number of halogens is 2. The van der Waals surface area contributed by atoms with Crippen molar-refractivity contribution in [2.75, 3.05) is 23.7 Å². The molecule has 1 atom stereocenters. The van der Waals surface area contributed by atoms with Gasteiger partial charge in [0.1, 0.15) is 16.9 Å². The van der Waals surface area contributed by atoms with Gasteiger partial charge in [-0.25, -0.2) is 14.4 Å². The van der Waals surface area contributed by atoms with Crippen molar-refractivity contribution in [3.63, 3.8) is 0 Å². The van der Waals surface area contributed by atoms with Crippen LogP contribution in [0.15, 0.2) is 18.3 Å². The van der Waals surface area contributed by atoms with Crippen molar-refractivity contribution in [2.45, 2.75) is 26.6 Å². The fourth-order valence-corrected chi connectivity index (χ4v) is 6.26. The van der Waals surface area contributed by atoms with Gasteiger partial charge in [0.2, 0.25) is 5.95 Å². The molecule has 1 saturated heterocycles. The van der Waals surface area contributed by atoms with Crippen LogP contribution in [0.2, 0.25) is 5.02 Å². The van der Waals surface area contributed by atoms with Gasteiger partial charge in [0, 0.05) is 45.9 Å². The first-order chi connectivity index (χ1) is 16.0. The third-order valence-corrected chi connectivity index (χ3v) is 7.94. The van der Waals surface area contributed by atoms with Crippen molar-refractivity contribution in [2.24, 2.45) is 5.92 Å². The summed E-state index contributed by atoms with van der Waals surface area (Å²) in [5.74, 6) is 0.730. The molecule has 6 rings (SSSR count). The van der Waals surface area contributed by atoms with Crippen molar-refractivity contribution < 1.29 is 9.13 Å². The van der Waals surface area contributed by atoms with Crippen LogP contribution in [0.5, 0.6) is 0 Å². The van der Waals surface area contributed by atoms with Gasteiger partial charge in [0.15, 0.2) is 0 Å². The zero-order valence-corrected chi connectivity index (χ0v) is 19.4. The Balaban J connectivity index is 1.69. The fraction of sp³-hybridized carbons (Fsp3) is 0.292. The van der Waals surface area contributed by atoms with Crippen LogP contribution in [0.1, 0.15) is 30.0 Å². The number of rotatable bonds is 2. The number of thiophene rings is 1. The predicted octanol–water partition coefficient (Wildman–Crippen LogP) is 5.63. The second kappa shape index (κ2) is 7.52. The Bertz CT molecular complexity index is 1510. The average molecular weight is 480 g/mol. The summed E-state index contributed by atoms with van der Waals surface area (Å²) in [5.41, 5.74) is 9.44. The molecule has 4 heterocycles. The first kappa shape index (κ1) is 20.6. The Hall–Kier alpha value is -2.99. The highest BCUT2D eigenvalue weighted by Crippen LogP contribution is 2.48. The Labute approximate surface area is 198 Å². The summed E-state index contributed by atoms with van der Waals surface area (Å²) >= 11 is 8.27. The minimum absolute atomic E-state index is 0.266. The molecule has 2 N–H and O–H groups in total. The summed E-state index contributed by atoms with van der Waals surface area (Å²) in [6.07, 6.45) is 2.88. The van der Waals surface area contributed by atoms with Gasteiger partial charge in [-0.2, -0.15) is 5.26 Å².